The van der Waals surface area contributed by atoms with Gasteiger partial charge in [0.25, 0.3) is 0 Å². The van der Waals surface area contributed by atoms with Crippen molar-refractivity contribution in [1.82, 2.24) is 4.90 Å². The van der Waals surface area contributed by atoms with E-state index in [4.69, 9.17) is 4.74 Å². The molecule has 1 aliphatic rings. The zero-order valence-electron chi connectivity index (χ0n) is 14.0. The summed E-state index contributed by atoms with van der Waals surface area (Å²) in [5.41, 5.74) is -0.544. The van der Waals surface area contributed by atoms with Crippen molar-refractivity contribution < 1.29 is 23.1 Å². The highest BCUT2D eigenvalue weighted by Gasteiger charge is 2.32. The lowest BCUT2D eigenvalue weighted by atomic mass is 9.91. The van der Waals surface area contributed by atoms with E-state index < -0.39 is 21.5 Å². The third-order valence-electron chi connectivity index (χ3n) is 3.82. The Balaban J connectivity index is 2.51. The van der Waals surface area contributed by atoms with Crippen molar-refractivity contribution in [2.75, 3.05) is 24.6 Å². The molecule has 1 amide bonds. The van der Waals surface area contributed by atoms with Crippen LogP contribution in [0.25, 0.3) is 0 Å². The second kappa shape index (κ2) is 7.64. The number of ether oxygens (including phenoxy) is 1. The Morgan fingerprint density at radius 1 is 1.36 bits per heavy atom. The van der Waals surface area contributed by atoms with Crippen LogP contribution < -0.4 is 0 Å². The molecule has 2 atom stereocenters. The summed E-state index contributed by atoms with van der Waals surface area (Å²) in [5, 5.41) is 10.1. The molecule has 0 bridgehead atoms. The Labute approximate surface area is 133 Å². The largest absolute Gasteiger partial charge is 0.444 e. The number of carbonyl (C=O) groups is 1. The van der Waals surface area contributed by atoms with Crippen LogP contribution in [0.3, 0.4) is 0 Å². The van der Waals surface area contributed by atoms with Crippen molar-refractivity contribution in [3.63, 3.8) is 0 Å². The van der Waals surface area contributed by atoms with Crippen molar-refractivity contribution in [1.29, 1.82) is 0 Å². The molecule has 0 aromatic carbocycles. The number of carbonyl (C=O) groups excluding carboxylic acids is 1. The summed E-state index contributed by atoms with van der Waals surface area (Å²) < 4.78 is 28.4. The third-order valence-corrected chi connectivity index (χ3v) is 5.61. The summed E-state index contributed by atoms with van der Waals surface area (Å²) in [4.78, 5) is 13.7. The van der Waals surface area contributed by atoms with Crippen molar-refractivity contribution in [3.05, 3.63) is 0 Å². The highest BCUT2D eigenvalue weighted by Crippen LogP contribution is 2.23. The minimum atomic E-state index is -2.98. The summed E-state index contributed by atoms with van der Waals surface area (Å²) in [6, 6.07) is 0. The molecule has 2 unspecified atom stereocenters. The quantitative estimate of drug-likeness (QED) is 0.828. The SMILES string of the molecule is CCS(=O)(=O)CCCC1CN(C(=O)OC(C)(C)C)CCC1O. The van der Waals surface area contributed by atoms with Crippen LogP contribution in [0, 0.1) is 5.92 Å². The van der Waals surface area contributed by atoms with Gasteiger partial charge in [0.05, 0.1) is 11.9 Å². The topological polar surface area (TPSA) is 83.9 Å². The monoisotopic (exact) mass is 335 g/mol. The van der Waals surface area contributed by atoms with Crippen LogP contribution in [0.5, 0.6) is 0 Å². The molecule has 6 nitrogen and oxygen atoms in total. The minimum Gasteiger partial charge on any atom is -0.444 e. The van der Waals surface area contributed by atoms with E-state index in [1.54, 1.807) is 11.8 Å². The number of piperidine rings is 1. The second-order valence-electron chi connectivity index (χ2n) is 6.92. The smallest absolute Gasteiger partial charge is 0.410 e. The van der Waals surface area contributed by atoms with Gasteiger partial charge in [-0.1, -0.05) is 6.92 Å². The lowest BCUT2D eigenvalue weighted by Gasteiger charge is -2.37. The van der Waals surface area contributed by atoms with E-state index in [2.05, 4.69) is 0 Å². The first-order chi connectivity index (χ1) is 10.0. The first-order valence-corrected chi connectivity index (χ1v) is 9.72. The van der Waals surface area contributed by atoms with Crippen molar-refractivity contribution in [2.45, 2.75) is 58.7 Å². The molecule has 0 spiro atoms. The lowest BCUT2D eigenvalue weighted by Crippen LogP contribution is -2.47. The Morgan fingerprint density at radius 3 is 2.55 bits per heavy atom. The molecule has 0 radical (unpaired) electrons. The summed E-state index contributed by atoms with van der Waals surface area (Å²) in [5.74, 6) is 0.192. The van der Waals surface area contributed by atoms with Crippen LogP contribution in [0.2, 0.25) is 0 Å². The number of aliphatic hydroxyl groups is 1. The van der Waals surface area contributed by atoms with E-state index in [9.17, 15) is 18.3 Å². The van der Waals surface area contributed by atoms with E-state index >= 15 is 0 Å². The number of rotatable bonds is 5. The van der Waals surface area contributed by atoms with Crippen LogP contribution in [0.15, 0.2) is 0 Å². The van der Waals surface area contributed by atoms with Crippen LogP contribution in [-0.2, 0) is 14.6 Å². The average molecular weight is 335 g/mol. The molecule has 130 valence electrons. The van der Waals surface area contributed by atoms with Gasteiger partial charge in [0, 0.05) is 24.8 Å². The number of sulfone groups is 1. The molecule has 1 N–H and O–H groups in total. The molecule has 1 aliphatic heterocycles. The van der Waals surface area contributed by atoms with Gasteiger partial charge in [-0.25, -0.2) is 13.2 Å². The fourth-order valence-electron chi connectivity index (χ4n) is 2.51. The van der Waals surface area contributed by atoms with Crippen molar-refractivity contribution in [2.24, 2.45) is 5.92 Å². The van der Waals surface area contributed by atoms with Crippen LogP contribution >= 0.6 is 0 Å². The zero-order chi connectivity index (χ0) is 17.0. The third kappa shape index (κ3) is 6.52. The molecular formula is C15H29NO5S. The van der Waals surface area contributed by atoms with Crippen molar-refractivity contribution >= 4 is 15.9 Å². The molecule has 0 saturated carbocycles. The van der Waals surface area contributed by atoms with E-state index in [1.165, 1.54) is 0 Å². The Bertz CT molecular complexity index is 469. The number of likely N-dealkylation sites (tertiary alicyclic amines) is 1. The van der Waals surface area contributed by atoms with Gasteiger partial charge in [0.1, 0.15) is 15.4 Å². The summed E-state index contributed by atoms with van der Waals surface area (Å²) in [7, 11) is -2.98. The molecule has 0 aliphatic carbocycles. The highest BCUT2D eigenvalue weighted by molar-refractivity contribution is 7.91. The maximum absolute atomic E-state index is 12.1. The molecule has 22 heavy (non-hydrogen) atoms. The van der Waals surface area contributed by atoms with E-state index in [0.29, 0.717) is 32.4 Å². The fraction of sp³-hybridized carbons (Fsp3) is 0.933. The maximum atomic E-state index is 12.1. The number of aliphatic hydroxyl groups excluding tert-OH is 1. The second-order valence-corrected chi connectivity index (χ2v) is 9.39. The molecule has 0 aromatic rings. The van der Waals surface area contributed by atoms with Gasteiger partial charge in [-0.15, -0.1) is 0 Å². The van der Waals surface area contributed by atoms with E-state index in [-0.39, 0.29) is 23.5 Å². The number of hydrogen-bond acceptors (Lipinski definition) is 5. The van der Waals surface area contributed by atoms with Gasteiger partial charge in [0.15, 0.2) is 0 Å². The van der Waals surface area contributed by atoms with E-state index in [1.807, 2.05) is 20.8 Å². The molecule has 1 heterocycles. The fourth-order valence-corrected chi connectivity index (χ4v) is 3.40. The molecule has 1 rings (SSSR count). The maximum Gasteiger partial charge on any atom is 0.410 e. The Kier molecular flexibility index (Phi) is 6.67. The standard InChI is InChI=1S/C15H29NO5S/c1-5-22(19,20)10-6-7-12-11-16(9-8-13(12)17)14(18)21-15(2,3)4/h12-13,17H,5-11H2,1-4H3. The van der Waals surface area contributed by atoms with Gasteiger partial charge >= 0.3 is 6.09 Å². The molecular weight excluding hydrogens is 306 g/mol. The number of hydrogen-bond donors (Lipinski definition) is 1. The van der Waals surface area contributed by atoms with Crippen LogP contribution in [-0.4, -0.2) is 60.8 Å². The Morgan fingerprint density at radius 2 is 2.00 bits per heavy atom. The van der Waals surface area contributed by atoms with E-state index in [0.717, 1.165) is 0 Å². The van der Waals surface area contributed by atoms with Crippen LogP contribution in [0.1, 0.15) is 47.0 Å². The Hall–Kier alpha value is -0.820. The number of nitrogens with zero attached hydrogens (tertiary/aromatic N) is 1. The molecule has 1 fully saturated rings. The molecule has 7 heteroatoms. The highest BCUT2D eigenvalue weighted by atomic mass is 32.2. The summed E-state index contributed by atoms with van der Waals surface area (Å²) >= 11 is 0. The predicted octanol–water partition coefficient (Wildman–Crippen LogP) is 1.82. The number of amides is 1. The van der Waals surface area contributed by atoms with Gasteiger partial charge in [-0.05, 0) is 40.0 Å². The summed E-state index contributed by atoms with van der Waals surface area (Å²) in [6.07, 6.45) is 0.762. The van der Waals surface area contributed by atoms with Gasteiger partial charge in [0.2, 0.25) is 0 Å². The first-order valence-electron chi connectivity index (χ1n) is 7.90. The lowest BCUT2D eigenvalue weighted by molar-refractivity contribution is -0.0100. The first kappa shape index (κ1) is 19.2. The van der Waals surface area contributed by atoms with Crippen molar-refractivity contribution in [3.8, 4) is 0 Å². The minimum absolute atomic E-state index is 0.0895. The molecule has 0 aromatic heterocycles. The average Bonchev–Trinajstić information content (AvgIpc) is 2.38. The normalized spacial score (nSPS) is 23.4. The molecule has 1 saturated heterocycles. The summed E-state index contributed by atoms with van der Waals surface area (Å²) in [6.45, 7) is 7.97. The van der Waals surface area contributed by atoms with Gasteiger partial charge in [-0.2, -0.15) is 0 Å². The van der Waals surface area contributed by atoms with Crippen LogP contribution in [0.4, 0.5) is 4.79 Å². The zero-order valence-corrected chi connectivity index (χ0v) is 14.9. The van der Waals surface area contributed by atoms with Gasteiger partial charge < -0.3 is 14.7 Å². The predicted molar refractivity (Wildman–Crippen MR) is 85.5 cm³/mol. The van der Waals surface area contributed by atoms with Gasteiger partial charge in [-0.3, -0.25) is 0 Å².